The first-order valence-electron chi connectivity index (χ1n) is 7.95. The van der Waals surface area contributed by atoms with Gasteiger partial charge in [-0.3, -0.25) is 0 Å². The Morgan fingerprint density at radius 1 is 0.583 bits per heavy atom. The highest BCUT2D eigenvalue weighted by molar-refractivity contribution is 6.02. The Hall–Kier alpha value is -3.27. The van der Waals surface area contributed by atoms with Gasteiger partial charge in [-0.05, 0) is 43.3 Å². The lowest BCUT2D eigenvalue weighted by atomic mass is 10.3. The first kappa shape index (κ1) is 14.3. The summed E-state index contributed by atoms with van der Waals surface area (Å²) in [5.41, 5.74) is 3.13. The molecule has 4 nitrogen and oxygen atoms in total. The number of hydrazine groups is 2. The van der Waals surface area contributed by atoms with E-state index in [0.717, 1.165) is 22.9 Å². The van der Waals surface area contributed by atoms with E-state index in [4.69, 9.17) is 5.10 Å². The molecule has 0 radical (unpaired) electrons. The average molecular weight is 314 g/mol. The fourth-order valence-electron chi connectivity index (χ4n) is 2.82. The summed E-state index contributed by atoms with van der Waals surface area (Å²) in [5, 5.41) is 10.9. The Morgan fingerprint density at radius 2 is 1.04 bits per heavy atom. The lowest BCUT2D eigenvalue weighted by Crippen LogP contribution is -2.48. The predicted molar refractivity (Wildman–Crippen MR) is 99.9 cm³/mol. The van der Waals surface area contributed by atoms with E-state index in [1.54, 1.807) is 0 Å². The molecule has 0 unspecified atom stereocenters. The molecule has 0 spiro atoms. The Labute approximate surface area is 141 Å². The molecule has 1 heterocycles. The zero-order valence-corrected chi connectivity index (χ0v) is 13.4. The van der Waals surface area contributed by atoms with E-state index < -0.39 is 0 Å². The van der Waals surface area contributed by atoms with Gasteiger partial charge in [0.15, 0.2) is 0 Å². The summed E-state index contributed by atoms with van der Waals surface area (Å²) < 4.78 is 0. The van der Waals surface area contributed by atoms with E-state index in [1.165, 1.54) is 0 Å². The third-order valence-electron chi connectivity index (χ3n) is 3.89. The minimum absolute atomic E-state index is 0.911. The maximum atomic E-state index is 4.78. The SMILES string of the molecule is CC1=NN(c2ccccc2)N(c2ccccc2)N1c1ccccc1. The van der Waals surface area contributed by atoms with Crippen molar-refractivity contribution in [3.05, 3.63) is 91.0 Å². The highest BCUT2D eigenvalue weighted by Gasteiger charge is 2.32. The molecule has 3 aromatic rings. The maximum absolute atomic E-state index is 4.78. The van der Waals surface area contributed by atoms with E-state index in [2.05, 4.69) is 46.5 Å². The van der Waals surface area contributed by atoms with Crippen molar-refractivity contribution in [1.82, 2.24) is 0 Å². The van der Waals surface area contributed by atoms with Crippen molar-refractivity contribution in [2.45, 2.75) is 6.92 Å². The van der Waals surface area contributed by atoms with Crippen LogP contribution in [0.25, 0.3) is 0 Å². The molecule has 24 heavy (non-hydrogen) atoms. The number of rotatable bonds is 3. The predicted octanol–water partition coefficient (Wildman–Crippen LogP) is 4.68. The topological polar surface area (TPSA) is 22.1 Å². The molecular weight excluding hydrogens is 296 g/mol. The fraction of sp³-hybridized carbons (Fsp3) is 0.0500. The summed E-state index contributed by atoms with van der Waals surface area (Å²) in [7, 11) is 0. The number of nitrogens with zero attached hydrogens (tertiary/aromatic N) is 4. The van der Waals surface area contributed by atoms with Crippen molar-refractivity contribution < 1.29 is 0 Å². The lowest BCUT2D eigenvalue weighted by Gasteiger charge is -2.35. The number of hydrogen-bond acceptors (Lipinski definition) is 4. The van der Waals surface area contributed by atoms with E-state index >= 15 is 0 Å². The van der Waals surface area contributed by atoms with Crippen LogP contribution in [0.1, 0.15) is 6.92 Å². The van der Waals surface area contributed by atoms with Gasteiger partial charge in [-0.2, -0.15) is 10.2 Å². The smallest absolute Gasteiger partial charge is 0.150 e. The summed E-state index contributed by atoms with van der Waals surface area (Å²) >= 11 is 0. The van der Waals surface area contributed by atoms with E-state index in [9.17, 15) is 0 Å². The molecule has 0 bridgehead atoms. The zero-order valence-electron chi connectivity index (χ0n) is 13.4. The molecule has 4 heteroatoms. The van der Waals surface area contributed by atoms with Crippen LogP contribution in [0, 0.1) is 0 Å². The Bertz CT molecular complexity index is 831. The quantitative estimate of drug-likeness (QED) is 0.700. The van der Waals surface area contributed by atoms with Crippen LogP contribution < -0.4 is 15.2 Å². The summed E-state index contributed by atoms with van der Waals surface area (Å²) in [5.74, 6) is 0.911. The van der Waals surface area contributed by atoms with E-state index in [1.807, 2.05) is 66.6 Å². The molecule has 0 N–H and O–H groups in total. The number of anilines is 3. The molecule has 0 fully saturated rings. The van der Waals surface area contributed by atoms with Gasteiger partial charge in [0.25, 0.3) is 0 Å². The molecule has 1 aliphatic heterocycles. The molecule has 4 rings (SSSR count). The summed E-state index contributed by atoms with van der Waals surface area (Å²) in [6, 6.07) is 30.7. The van der Waals surface area contributed by atoms with Crippen LogP contribution in [0.3, 0.4) is 0 Å². The number of para-hydroxylation sites is 3. The van der Waals surface area contributed by atoms with Crippen LogP contribution in [-0.4, -0.2) is 5.84 Å². The first-order valence-corrected chi connectivity index (χ1v) is 7.95. The largest absolute Gasteiger partial charge is 0.217 e. The van der Waals surface area contributed by atoms with Crippen LogP contribution >= 0.6 is 0 Å². The van der Waals surface area contributed by atoms with Crippen LogP contribution in [-0.2, 0) is 0 Å². The van der Waals surface area contributed by atoms with Crippen molar-refractivity contribution in [2.75, 3.05) is 15.2 Å². The van der Waals surface area contributed by atoms with E-state index in [-0.39, 0.29) is 0 Å². The molecule has 0 saturated heterocycles. The average Bonchev–Trinajstić information content (AvgIpc) is 3.01. The molecule has 0 aliphatic carbocycles. The number of amidine groups is 1. The fourth-order valence-corrected chi connectivity index (χ4v) is 2.82. The molecule has 1 aliphatic rings. The number of benzene rings is 3. The highest BCUT2D eigenvalue weighted by Crippen LogP contribution is 2.32. The highest BCUT2D eigenvalue weighted by atomic mass is 16.0. The molecule has 3 aromatic carbocycles. The van der Waals surface area contributed by atoms with Gasteiger partial charge < -0.3 is 0 Å². The second-order valence-corrected chi connectivity index (χ2v) is 5.54. The van der Waals surface area contributed by atoms with Crippen molar-refractivity contribution in [3.63, 3.8) is 0 Å². The Morgan fingerprint density at radius 3 is 1.58 bits per heavy atom. The molecule has 0 atom stereocenters. The third kappa shape index (κ3) is 2.48. The first-order chi connectivity index (χ1) is 11.8. The monoisotopic (exact) mass is 314 g/mol. The van der Waals surface area contributed by atoms with Gasteiger partial charge in [0, 0.05) is 0 Å². The van der Waals surface area contributed by atoms with Crippen LogP contribution in [0.15, 0.2) is 96.1 Å². The number of hydrogen-bond donors (Lipinski definition) is 0. The van der Waals surface area contributed by atoms with Crippen molar-refractivity contribution >= 4 is 22.9 Å². The molecule has 0 saturated carbocycles. The third-order valence-corrected chi connectivity index (χ3v) is 3.89. The second-order valence-electron chi connectivity index (χ2n) is 5.54. The standard InChI is InChI=1S/C20H18N4/c1-17-21-23(19-13-7-3-8-14-19)24(20-15-9-4-10-16-20)22(17)18-11-5-2-6-12-18/h2-16H,1H3. The van der Waals surface area contributed by atoms with Gasteiger partial charge in [-0.15, -0.1) is 5.10 Å². The van der Waals surface area contributed by atoms with Gasteiger partial charge in [0.05, 0.1) is 17.1 Å². The van der Waals surface area contributed by atoms with Gasteiger partial charge in [0.2, 0.25) is 0 Å². The van der Waals surface area contributed by atoms with Gasteiger partial charge in [0.1, 0.15) is 5.84 Å². The second kappa shape index (κ2) is 6.08. The molecule has 0 aromatic heterocycles. The van der Waals surface area contributed by atoms with Crippen molar-refractivity contribution in [3.8, 4) is 0 Å². The summed E-state index contributed by atoms with van der Waals surface area (Å²) in [4.78, 5) is 0. The van der Waals surface area contributed by atoms with Gasteiger partial charge in [-0.1, -0.05) is 54.6 Å². The molecular formula is C20H18N4. The Balaban J connectivity index is 1.83. The van der Waals surface area contributed by atoms with Crippen LogP contribution in [0.2, 0.25) is 0 Å². The maximum Gasteiger partial charge on any atom is 0.150 e. The van der Waals surface area contributed by atoms with E-state index in [0.29, 0.717) is 0 Å². The van der Waals surface area contributed by atoms with Gasteiger partial charge >= 0.3 is 0 Å². The normalized spacial score (nSPS) is 14.0. The minimum atomic E-state index is 0.911. The molecule has 118 valence electrons. The summed E-state index contributed by atoms with van der Waals surface area (Å²) in [6.45, 7) is 2.02. The molecule has 0 amide bonds. The number of hydrazone groups is 1. The Kier molecular flexibility index (Phi) is 3.63. The van der Waals surface area contributed by atoms with Gasteiger partial charge in [-0.25, -0.2) is 5.01 Å². The van der Waals surface area contributed by atoms with Crippen molar-refractivity contribution in [2.24, 2.45) is 5.10 Å². The minimum Gasteiger partial charge on any atom is -0.217 e. The van der Waals surface area contributed by atoms with Crippen molar-refractivity contribution in [1.29, 1.82) is 0 Å². The summed E-state index contributed by atoms with van der Waals surface area (Å²) in [6.07, 6.45) is 0. The lowest BCUT2D eigenvalue weighted by molar-refractivity contribution is 0.818. The van der Waals surface area contributed by atoms with Crippen LogP contribution in [0.5, 0.6) is 0 Å². The zero-order chi connectivity index (χ0) is 16.4. The van der Waals surface area contributed by atoms with Crippen LogP contribution in [0.4, 0.5) is 17.1 Å².